The van der Waals surface area contributed by atoms with Gasteiger partial charge in [-0.05, 0) is 31.2 Å². The average Bonchev–Trinajstić information content (AvgIpc) is 2.45. The Hall–Kier alpha value is -2.69. The number of nitrogens with zero attached hydrogens (tertiary/aromatic N) is 2. The fraction of sp³-hybridized carbons (Fsp3) is 0.0714. The highest BCUT2D eigenvalue weighted by Gasteiger charge is 2.04. The summed E-state index contributed by atoms with van der Waals surface area (Å²) in [6.45, 7) is 1.75. The summed E-state index contributed by atoms with van der Waals surface area (Å²) < 4.78 is 0. The maximum absolute atomic E-state index is 11.7. The van der Waals surface area contributed by atoms with E-state index in [0.29, 0.717) is 11.3 Å². The van der Waals surface area contributed by atoms with Gasteiger partial charge < -0.3 is 5.11 Å². The number of aromatic hydroxyl groups is 1. The maximum Gasteiger partial charge on any atom is 0.272 e. The monoisotopic (exact) mass is 255 g/mol. The van der Waals surface area contributed by atoms with Crippen LogP contribution >= 0.6 is 0 Å². The highest BCUT2D eigenvalue weighted by Crippen LogP contribution is 2.11. The molecular weight excluding hydrogens is 242 g/mol. The van der Waals surface area contributed by atoms with Crippen LogP contribution in [0.3, 0.4) is 0 Å². The SMILES string of the molecule is C/C(=N/NC(=O)c1cccnc1)c1cccc(O)c1. The molecule has 0 saturated heterocycles. The molecule has 5 heteroatoms. The molecule has 2 N–H and O–H groups in total. The van der Waals surface area contributed by atoms with E-state index < -0.39 is 0 Å². The van der Waals surface area contributed by atoms with Gasteiger partial charge in [-0.2, -0.15) is 5.10 Å². The van der Waals surface area contributed by atoms with Gasteiger partial charge in [-0.3, -0.25) is 9.78 Å². The molecule has 1 amide bonds. The van der Waals surface area contributed by atoms with Crippen molar-refractivity contribution in [1.29, 1.82) is 0 Å². The Morgan fingerprint density at radius 3 is 2.74 bits per heavy atom. The van der Waals surface area contributed by atoms with Crippen molar-refractivity contribution in [2.24, 2.45) is 5.10 Å². The smallest absolute Gasteiger partial charge is 0.272 e. The number of nitrogens with one attached hydrogen (secondary N) is 1. The molecule has 5 nitrogen and oxygen atoms in total. The Morgan fingerprint density at radius 2 is 2.05 bits per heavy atom. The van der Waals surface area contributed by atoms with Gasteiger partial charge in [0.25, 0.3) is 5.91 Å². The summed E-state index contributed by atoms with van der Waals surface area (Å²) in [6.07, 6.45) is 3.06. The molecule has 2 rings (SSSR count). The van der Waals surface area contributed by atoms with Crippen LogP contribution in [0.2, 0.25) is 0 Å². The number of benzene rings is 1. The number of hydrogen-bond donors (Lipinski definition) is 2. The van der Waals surface area contributed by atoms with E-state index in [9.17, 15) is 9.90 Å². The number of carbonyl (C=O) groups excluding carboxylic acids is 1. The fourth-order valence-electron chi connectivity index (χ4n) is 1.49. The molecule has 2 aromatic rings. The maximum atomic E-state index is 11.7. The highest BCUT2D eigenvalue weighted by atomic mass is 16.3. The minimum atomic E-state index is -0.326. The van der Waals surface area contributed by atoms with Crippen LogP contribution in [0.15, 0.2) is 53.9 Å². The first-order valence-corrected chi connectivity index (χ1v) is 5.71. The molecule has 0 bridgehead atoms. The van der Waals surface area contributed by atoms with Crippen LogP contribution in [0.4, 0.5) is 0 Å². The topological polar surface area (TPSA) is 74.6 Å². The van der Waals surface area contributed by atoms with Crippen molar-refractivity contribution in [3.8, 4) is 5.75 Å². The molecule has 0 aliphatic carbocycles. The minimum Gasteiger partial charge on any atom is -0.508 e. The first kappa shape index (κ1) is 12.8. The lowest BCUT2D eigenvalue weighted by Gasteiger charge is -2.03. The molecular formula is C14H13N3O2. The van der Waals surface area contributed by atoms with Crippen LogP contribution in [0.5, 0.6) is 5.75 Å². The normalized spacial score (nSPS) is 11.1. The third-order valence-corrected chi connectivity index (χ3v) is 2.51. The molecule has 0 saturated carbocycles. The van der Waals surface area contributed by atoms with Crippen molar-refractivity contribution in [2.75, 3.05) is 0 Å². The molecule has 0 radical (unpaired) electrons. The third kappa shape index (κ3) is 3.38. The molecule has 0 unspecified atom stereocenters. The van der Waals surface area contributed by atoms with Gasteiger partial charge in [-0.1, -0.05) is 12.1 Å². The fourth-order valence-corrected chi connectivity index (χ4v) is 1.49. The van der Waals surface area contributed by atoms with Crippen molar-refractivity contribution in [3.05, 3.63) is 59.9 Å². The first-order chi connectivity index (χ1) is 9.16. The summed E-state index contributed by atoms with van der Waals surface area (Å²) in [5.41, 5.74) is 4.23. The molecule has 0 aliphatic heterocycles. The van der Waals surface area contributed by atoms with E-state index in [-0.39, 0.29) is 11.7 Å². The highest BCUT2D eigenvalue weighted by molar-refractivity contribution is 6.00. The summed E-state index contributed by atoms with van der Waals surface area (Å²) >= 11 is 0. The number of phenols is 1. The zero-order valence-electron chi connectivity index (χ0n) is 10.4. The molecule has 0 aliphatic rings. The zero-order chi connectivity index (χ0) is 13.7. The van der Waals surface area contributed by atoms with Gasteiger partial charge in [0.2, 0.25) is 0 Å². The zero-order valence-corrected chi connectivity index (χ0v) is 10.4. The van der Waals surface area contributed by atoms with E-state index in [0.717, 1.165) is 5.56 Å². The van der Waals surface area contributed by atoms with Gasteiger partial charge in [-0.25, -0.2) is 5.43 Å². The quantitative estimate of drug-likeness (QED) is 0.650. The summed E-state index contributed by atoms with van der Waals surface area (Å²) in [5.74, 6) is -0.168. The van der Waals surface area contributed by atoms with E-state index in [1.54, 1.807) is 49.5 Å². The summed E-state index contributed by atoms with van der Waals surface area (Å²) in [5, 5.41) is 13.4. The van der Waals surface area contributed by atoms with E-state index in [4.69, 9.17) is 0 Å². The summed E-state index contributed by atoms with van der Waals surface area (Å²) in [6, 6.07) is 10.0. The number of hydrazone groups is 1. The van der Waals surface area contributed by atoms with Crippen molar-refractivity contribution in [3.63, 3.8) is 0 Å². The molecule has 1 aromatic heterocycles. The number of aromatic nitrogens is 1. The van der Waals surface area contributed by atoms with Gasteiger partial charge in [-0.15, -0.1) is 0 Å². The average molecular weight is 255 g/mol. The molecule has 1 aromatic carbocycles. The first-order valence-electron chi connectivity index (χ1n) is 5.71. The Bertz CT molecular complexity index is 609. The number of amides is 1. The van der Waals surface area contributed by atoms with Crippen LogP contribution < -0.4 is 5.43 Å². The van der Waals surface area contributed by atoms with E-state index in [2.05, 4.69) is 15.5 Å². The molecule has 0 spiro atoms. The Kier molecular flexibility index (Phi) is 3.87. The minimum absolute atomic E-state index is 0.158. The second-order valence-corrected chi connectivity index (χ2v) is 3.93. The molecule has 19 heavy (non-hydrogen) atoms. The van der Waals surface area contributed by atoms with Crippen molar-refractivity contribution < 1.29 is 9.90 Å². The van der Waals surface area contributed by atoms with E-state index >= 15 is 0 Å². The molecule has 1 heterocycles. The predicted molar refractivity (Wildman–Crippen MR) is 72.0 cm³/mol. The van der Waals surface area contributed by atoms with Crippen LogP contribution in [0.1, 0.15) is 22.8 Å². The van der Waals surface area contributed by atoms with Crippen LogP contribution in [-0.2, 0) is 0 Å². The molecule has 96 valence electrons. The second-order valence-electron chi connectivity index (χ2n) is 3.93. The lowest BCUT2D eigenvalue weighted by atomic mass is 10.1. The van der Waals surface area contributed by atoms with Gasteiger partial charge in [0.15, 0.2) is 0 Å². The summed E-state index contributed by atoms with van der Waals surface area (Å²) in [4.78, 5) is 15.6. The Morgan fingerprint density at radius 1 is 1.26 bits per heavy atom. The van der Waals surface area contributed by atoms with Gasteiger partial charge >= 0.3 is 0 Å². The third-order valence-electron chi connectivity index (χ3n) is 2.51. The van der Waals surface area contributed by atoms with Gasteiger partial charge in [0.05, 0.1) is 11.3 Å². The lowest BCUT2D eigenvalue weighted by molar-refractivity contribution is 0.0954. The van der Waals surface area contributed by atoms with Gasteiger partial charge in [0, 0.05) is 18.0 Å². The van der Waals surface area contributed by atoms with Crippen molar-refractivity contribution in [2.45, 2.75) is 6.92 Å². The molecule has 0 fully saturated rings. The number of rotatable bonds is 3. The largest absolute Gasteiger partial charge is 0.508 e. The number of hydrogen-bond acceptors (Lipinski definition) is 4. The van der Waals surface area contributed by atoms with Crippen molar-refractivity contribution >= 4 is 11.6 Å². The second kappa shape index (κ2) is 5.77. The number of carbonyl (C=O) groups is 1. The lowest BCUT2D eigenvalue weighted by Crippen LogP contribution is -2.19. The van der Waals surface area contributed by atoms with Crippen molar-refractivity contribution in [1.82, 2.24) is 10.4 Å². The van der Waals surface area contributed by atoms with Crippen LogP contribution in [-0.4, -0.2) is 21.7 Å². The molecule has 0 atom stereocenters. The predicted octanol–water partition coefficient (Wildman–Crippen LogP) is 1.94. The van der Waals surface area contributed by atoms with E-state index in [1.807, 2.05) is 0 Å². The number of pyridine rings is 1. The standard InChI is InChI=1S/C14H13N3O2/c1-10(11-4-2-6-13(18)8-11)16-17-14(19)12-5-3-7-15-9-12/h2-9,18H,1H3,(H,17,19)/b16-10-. The van der Waals surface area contributed by atoms with Gasteiger partial charge in [0.1, 0.15) is 5.75 Å². The van der Waals surface area contributed by atoms with E-state index in [1.165, 1.54) is 6.20 Å². The van der Waals surface area contributed by atoms with Crippen LogP contribution in [0, 0.1) is 0 Å². The van der Waals surface area contributed by atoms with Crippen LogP contribution in [0.25, 0.3) is 0 Å². The Balaban J connectivity index is 2.09. The Labute approximate surface area is 110 Å². The number of phenolic OH excluding ortho intramolecular Hbond substituents is 1. The summed E-state index contributed by atoms with van der Waals surface area (Å²) in [7, 11) is 0.